The third-order valence-corrected chi connectivity index (χ3v) is 5.36. The number of likely N-dealkylation sites (tertiary alicyclic amines) is 1. The predicted molar refractivity (Wildman–Crippen MR) is 90.8 cm³/mol. The molecule has 0 unspecified atom stereocenters. The van der Waals surface area contributed by atoms with Gasteiger partial charge in [0.25, 0.3) is 0 Å². The van der Waals surface area contributed by atoms with Crippen molar-refractivity contribution in [3.8, 4) is 0 Å². The first-order valence-corrected chi connectivity index (χ1v) is 9.40. The lowest BCUT2D eigenvalue weighted by Crippen LogP contribution is -2.49. The van der Waals surface area contributed by atoms with E-state index in [1.807, 2.05) is 16.5 Å². The largest absolute Gasteiger partial charge is 0.379 e. The Morgan fingerprint density at radius 1 is 1.39 bits per heavy atom. The molecule has 0 aromatic carbocycles. The molecule has 3 heterocycles. The zero-order valence-corrected chi connectivity index (χ0v) is 14.4. The quantitative estimate of drug-likeness (QED) is 0.883. The first-order chi connectivity index (χ1) is 11.3. The second kappa shape index (κ2) is 8.61. The molecule has 1 aromatic rings. The molecule has 2 amide bonds. The molecule has 23 heavy (non-hydrogen) atoms. The Bertz CT molecular complexity index is 476. The summed E-state index contributed by atoms with van der Waals surface area (Å²) in [5, 5.41) is 6.08. The molecule has 2 aliphatic rings. The summed E-state index contributed by atoms with van der Waals surface area (Å²) in [6.45, 7) is 7.24. The van der Waals surface area contributed by atoms with E-state index in [0.717, 1.165) is 63.8 Å². The number of thiazole rings is 1. The lowest BCUT2D eigenvalue weighted by Gasteiger charge is -2.36. The van der Waals surface area contributed by atoms with E-state index >= 15 is 0 Å². The number of urea groups is 1. The van der Waals surface area contributed by atoms with Gasteiger partial charge in [0, 0.05) is 57.3 Å². The molecule has 1 atom stereocenters. The number of rotatable bonds is 5. The number of ether oxygens (including phenoxy) is 1. The van der Waals surface area contributed by atoms with Gasteiger partial charge in [-0.3, -0.25) is 4.90 Å². The van der Waals surface area contributed by atoms with Crippen LogP contribution >= 0.6 is 11.3 Å². The molecular formula is C16H26N4O2S. The van der Waals surface area contributed by atoms with Crippen LogP contribution in [0.4, 0.5) is 4.79 Å². The summed E-state index contributed by atoms with van der Waals surface area (Å²) < 4.78 is 5.40. The molecule has 1 aromatic heterocycles. The van der Waals surface area contributed by atoms with Gasteiger partial charge in [-0.15, -0.1) is 11.3 Å². The van der Waals surface area contributed by atoms with Crippen molar-refractivity contribution in [2.45, 2.75) is 19.3 Å². The van der Waals surface area contributed by atoms with Crippen LogP contribution in [0.3, 0.4) is 0 Å². The number of amides is 2. The van der Waals surface area contributed by atoms with Crippen LogP contribution in [-0.2, 0) is 11.2 Å². The third-order valence-electron chi connectivity index (χ3n) is 4.52. The highest BCUT2D eigenvalue weighted by atomic mass is 32.1. The number of hydrogen-bond acceptors (Lipinski definition) is 5. The van der Waals surface area contributed by atoms with Crippen LogP contribution in [-0.4, -0.2) is 73.3 Å². The SMILES string of the molecule is O=C(NCCc1nccs1)N1CCC[C@H](CN2CCOCC2)C1. The maximum Gasteiger partial charge on any atom is 0.317 e. The average Bonchev–Trinajstić information content (AvgIpc) is 3.09. The Kier molecular flexibility index (Phi) is 6.24. The first-order valence-electron chi connectivity index (χ1n) is 8.52. The summed E-state index contributed by atoms with van der Waals surface area (Å²) in [7, 11) is 0. The second-order valence-corrected chi connectivity index (χ2v) is 7.25. The van der Waals surface area contributed by atoms with Crippen LogP contribution in [0.5, 0.6) is 0 Å². The van der Waals surface area contributed by atoms with Crippen molar-refractivity contribution >= 4 is 17.4 Å². The van der Waals surface area contributed by atoms with E-state index in [9.17, 15) is 4.79 Å². The van der Waals surface area contributed by atoms with Crippen molar-refractivity contribution < 1.29 is 9.53 Å². The molecule has 1 N–H and O–H groups in total. The van der Waals surface area contributed by atoms with Crippen LogP contribution in [0.2, 0.25) is 0 Å². The van der Waals surface area contributed by atoms with Crippen LogP contribution in [0.15, 0.2) is 11.6 Å². The topological polar surface area (TPSA) is 57.7 Å². The van der Waals surface area contributed by atoms with Crippen molar-refractivity contribution in [2.24, 2.45) is 5.92 Å². The van der Waals surface area contributed by atoms with Gasteiger partial charge >= 0.3 is 6.03 Å². The van der Waals surface area contributed by atoms with Gasteiger partial charge in [-0.1, -0.05) is 0 Å². The number of hydrogen-bond donors (Lipinski definition) is 1. The predicted octanol–water partition coefficient (Wildman–Crippen LogP) is 1.44. The van der Waals surface area contributed by atoms with Crippen molar-refractivity contribution in [2.75, 3.05) is 52.5 Å². The lowest BCUT2D eigenvalue weighted by atomic mass is 9.97. The van der Waals surface area contributed by atoms with Gasteiger partial charge in [-0.2, -0.15) is 0 Å². The van der Waals surface area contributed by atoms with E-state index in [0.29, 0.717) is 12.5 Å². The average molecular weight is 338 g/mol. The number of piperidine rings is 1. The first kappa shape index (κ1) is 16.7. The van der Waals surface area contributed by atoms with Gasteiger partial charge in [-0.05, 0) is 18.8 Å². The highest BCUT2D eigenvalue weighted by molar-refractivity contribution is 7.09. The summed E-state index contributed by atoms with van der Waals surface area (Å²) in [5.41, 5.74) is 0. The van der Waals surface area contributed by atoms with Crippen LogP contribution in [0, 0.1) is 5.92 Å². The Morgan fingerprint density at radius 3 is 3.04 bits per heavy atom. The van der Waals surface area contributed by atoms with E-state index in [1.165, 1.54) is 6.42 Å². The van der Waals surface area contributed by atoms with E-state index in [-0.39, 0.29) is 6.03 Å². The summed E-state index contributed by atoms with van der Waals surface area (Å²) >= 11 is 1.64. The molecule has 0 radical (unpaired) electrons. The Balaban J connectivity index is 1.39. The van der Waals surface area contributed by atoms with Gasteiger partial charge in [0.2, 0.25) is 0 Å². The van der Waals surface area contributed by atoms with E-state index < -0.39 is 0 Å². The molecule has 2 saturated heterocycles. The van der Waals surface area contributed by atoms with Crippen molar-refractivity contribution in [1.82, 2.24) is 20.1 Å². The molecule has 3 rings (SSSR count). The van der Waals surface area contributed by atoms with E-state index in [2.05, 4.69) is 15.2 Å². The Hall–Kier alpha value is -1.18. The molecule has 0 aliphatic carbocycles. The number of nitrogens with one attached hydrogen (secondary N) is 1. The summed E-state index contributed by atoms with van der Waals surface area (Å²) in [4.78, 5) is 21.0. The molecule has 0 spiro atoms. The monoisotopic (exact) mass is 338 g/mol. The van der Waals surface area contributed by atoms with E-state index in [4.69, 9.17) is 4.74 Å². The molecule has 128 valence electrons. The third kappa shape index (κ3) is 5.16. The van der Waals surface area contributed by atoms with Gasteiger partial charge in [0.05, 0.1) is 18.2 Å². The standard InChI is InChI=1S/C16H26N4O2S/c21-16(18-4-3-15-17-5-11-23-15)20-6-1-2-14(13-20)12-19-7-9-22-10-8-19/h5,11,14H,1-4,6-10,12-13H2,(H,18,21)/t14-/m1/s1. The maximum atomic E-state index is 12.3. The van der Waals surface area contributed by atoms with Crippen LogP contribution in [0.25, 0.3) is 0 Å². The van der Waals surface area contributed by atoms with Crippen molar-refractivity contribution in [3.63, 3.8) is 0 Å². The van der Waals surface area contributed by atoms with Gasteiger partial charge in [-0.25, -0.2) is 9.78 Å². The second-order valence-electron chi connectivity index (χ2n) is 6.28. The number of morpholine rings is 1. The minimum atomic E-state index is 0.0771. The van der Waals surface area contributed by atoms with Gasteiger partial charge in [0.15, 0.2) is 0 Å². The highest BCUT2D eigenvalue weighted by Gasteiger charge is 2.25. The fraction of sp³-hybridized carbons (Fsp3) is 0.750. The number of carbonyl (C=O) groups is 1. The number of carbonyl (C=O) groups excluding carboxylic acids is 1. The molecular weight excluding hydrogens is 312 g/mol. The fourth-order valence-corrected chi connectivity index (χ4v) is 3.93. The summed E-state index contributed by atoms with van der Waals surface area (Å²) in [5.74, 6) is 0.589. The molecule has 7 heteroatoms. The highest BCUT2D eigenvalue weighted by Crippen LogP contribution is 2.18. The lowest BCUT2D eigenvalue weighted by molar-refractivity contribution is 0.0249. The van der Waals surface area contributed by atoms with Crippen LogP contribution in [0.1, 0.15) is 17.8 Å². The normalized spacial score (nSPS) is 23.0. The summed E-state index contributed by atoms with van der Waals surface area (Å²) in [6.07, 6.45) is 4.95. The fourth-order valence-electron chi connectivity index (χ4n) is 3.31. The molecule has 6 nitrogen and oxygen atoms in total. The maximum absolute atomic E-state index is 12.3. The van der Waals surface area contributed by atoms with E-state index in [1.54, 1.807) is 11.3 Å². The Morgan fingerprint density at radius 2 is 2.26 bits per heavy atom. The minimum Gasteiger partial charge on any atom is -0.379 e. The molecule has 2 aliphatic heterocycles. The zero-order valence-electron chi connectivity index (χ0n) is 13.6. The Labute approximate surface area is 141 Å². The van der Waals surface area contributed by atoms with Crippen molar-refractivity contribution in [3.05, 3.63) is 16.6 Å². The smallest absolute Gasteiger partial charge is 0.317 e. The van der Waals surface area contributed by atoms with Crippen LogP contribution < -0.4 is 5.32 Å². The molecule has 2 fully saturated rings. The zero-order chi connectivity index (χ0) is 15.9. The number of nitrogens with zero attached hydrogens (tertiary/aromatic N) is 3. The molecule has 0 saturated carbocycles. The number of aromatic nitrogens is 1. The summed E-state index contributed by atoms with van der Waals surface area (Å²) in [6, 6.07) is 0.0771. The molecule has 0 bridgehead atoms. The van der Waals surface area contributed by atoms with Gasteiger partial charge in [0.1, 0.15) is 0 Å². The van der Waals surface area contributed by atoms with Gasteiger partial charge < -0.3 is 15.0 Å². The minimum absolute atomic E-state index is 0.0771. The van der Waals surface area contributed by atoms with Crippen molar-refractivity contribution in [1.29, 1.82) is 0 Å².